The molecule has 0 spiro atoms. The number of ether oxygens (including phenoxy) is 1. The second-order valence-electron chi connectivity index (χ2n) is 5.29. The second-order valence-corrected chi connectivity index (χ2v) is 5.29. The number of rotatable bonds is 4. The average Bonchev–Trinajstić information content (AvgIpc) is 3.11. The van der Waals surface area contributed by atoms with Gasteiger partial charge in [-0.2, -0.15) is 5.10 Å². The van der Waals surface area contributed by atoms with Crippen LogP contribution in [0.1, 0.15) is 12.0 Å². The van der Waals surface area contributed by atoms with Crippen LogP contribution in [-0.4, -0.2) is 19.6 Å². The lowest BCUT2D eigenvalue weighted by Gasteiger charge is -2.11. The summed E-state index contributed by atoms with van der Waals surface area (Å²) in [5.41, 5.74) is 2.28. The molecule has 25 heavy (non-hydrogen) atoms. The topological polar surface area (TPSA) is 52.3 Å². The Bertz CT molecular complexity index is 1010. The van der Waals surface area contributed by atoms with Gasteiger partial charge in [0.15, 0.2) is 0 Å². The van der Waals surface area contributed by atoms with E-state index in [0.29, 0.717) is 17.2 Å². The number of hydrogen-bond acceptors (Lipinski definition) is 4. The van der Waals surface area contributed by atoms with Crippen LogP contribution in [0.25, 0.3) is 16.8 Å². The van der Waals surface area contributed by atoms with Crippen molar-refractivity contribution in [2.45, 2.75) is 6.43 Å². The number of halogens is 2. The van der Waals surface area contributed by atoms with Gasteiger partial charge in [0.1, 0.15) is 12.1 Å². The highest BCUT2D eigenvalue weighted by Crippen LogP contribution is 2.31. The van der Waals surface area contributed by atoms with E-state index < -0.39 is 6.43 Å². The lowest BCUT2D eigenvalue weighted by atomic mass is 10.2. The first-order valence-corrected chi connectivity index (χ1v) is 7.51. The molecule has 0 fully saturated rings. The van der Waals surface area contributed by atoms with Gasteiger partial charge in [0.2, 0.25) is 5.88 Å². The van der Waals surface area contributed by atoms with E-state index in [4.69, 9.17) is 4.74 Å². The maximum absolute atomic E-state index is 12.7. The molecule has 0 bridgehead atoms. The van der Waals surface area contributed by atoms with Crippen molar-refractivity contribution in [1.82, 2.24) is 19.6 Å². The van der Waals surface area contributed by atoms with Crippen LogP contribution in [-0.2, 0) is 0 Å². The summed E-state index contributed by atoms with van der Waals surface area (Å²) in [5, 5.41) is 4.30. The van der Waals surface area contributed by atoms with E-state index in [1.54, 1.807) is 16.9 Å². The van der Waals surface area contributed by atoms with E-state index in [2.05, 4.69) is 15.1 Å². The fraction of sp³-hybridized carbons (Fsp3) is 0.0556. The highest BCUT2D eigenvalue weighted by Gasteiger charge is 2.13. The van der Waals surface area contributed by atoms with E-state index in [-0.39, 0.29) is 5.56 Å². The van der Waals surface area contributed by atoms with Crippen LogP contribution in [0.15, 0.2) is 67.3 Å². The molecule has 0 saturated heterocycles. The van der Waals surface area contributed by atoms with E-state index >= 15 is 0 Å². The summed E-state index contributed by atoms with van der Waals surface area (Å²) >= 11 is 0. The highest BCUT2D eigenvalue weighted by atomic mass is 19.3. The molecule has 0 aliphatic carbocycles. The Morgan fingerprint density at radius 2 is 1.84 bits per heavy atom. The molecule has 0 saturated carbocycles. The molecule has 124 valence electrons. The molecule has 0 amide bonds. The third-order valence-electron chi connectivity index (χ3n) is 3.72. The molecule has 0 unspecified atom stereocenters. The molecular weight excluding hydrogens is 326 g/mol. The standard InChI is InChI=1S/C18H12F2N4O/c19-17(20)12-4-6-14(7-5-12)25-18-15(10-21-11-22-18)16-3-1-2-13-8-9-23-24(13)16/h1-11,17H. The van der Waals surface area contributed by atoms with Crippen LogP contribution in [0, 0.1) is 0 Å². The third-order valence-corrected chi connectivity index (χ3v) is 3.72. The number of benzene rings is 1. The zero-order valence-electron chi connectivity index (χ0n) is 12.9. The smallest absolute Gasteiger partial charge is 0.263 e. The molecule has 3 aromatic heterocycles. The first-order valence-electron chi connectivity index (χ1n) is 7.51. The molecule has 0 aliphatic rings. The molecular formula is C18H12F2N4O. The van der Waals surface area contributed by atoms with E-state index in [1.807, 2.05) is 24.3 Å². The van der Waals surface area contributed by atoms with Gasteiger partial charge in [-0.15, -0.1) is 0 Å². The number of pyridine rings is 1. The van der Waals surface area contributed by atoms with Gasteiger partial charge in [-0.05, 0) is 42.5 Å². The summed E-state index contributed by atoms with van der Waals surface area (Å²) in [6, 6.07) is 13.2. The zero-order chi connectivity index (χ0) is 17.2. The molecule has 0 radical (unpaired) electrons. The van der Waals surface area contributed by atoms with E-state index in [0.717, 1.165) is 11.2 Å². The maximum Gasteiger partial charge on any atom is 0.263 e. The van der Waals surface area contributed by atoms with Crippen LogP contribution >= 0.6 is 0 Å². The van der Waals surface area contributed by atoms with Gasteiger partial charge >= 0.3 is 0 Å². The highest BCUT2D eigenvalue weighted by molar-refractivity contribution is 5.68. The largest absolute Gasteiger partial charge is 0.438 e. The maximum atomic E-state index is 12.7. The number of nitrogens with zero attached hydrogens (tertiary/aromatic N) is 4. The Balaban J connectivity index is 1.73. The van der Waals surface area contributed by atoms with Crippen molar-refractivity contribution in [3.63, 3.8) is 0 Å². The quantitative estimate of drug-likeness (QED) is 0.549. The lowest BCUT2D eigenvalue weighted by molar-refractivity contribution is 0.151. The Morgan fingerprint density at radius 1 is 1.00 bits per heavy atom. The fourth-order valence-electron chi connectivity index (χ4n) is 2.52. The third kappa shape index (κ3) is 2.91. The summed E-state index contributed by atoms with van der Waals surface area (Å²) in [7, 11) is 0. The number of fused-ring (bicyclic) bond motifs is 1. The predicted octanol–water partition coefficient (Wildman–Crippen LogP) is 4.52. The Labute approximate surface area is 141 Å². The molecule has 0 aliphatic heterocycles. The van der Waals surface area contributed by atoms with E-state index in [9.17, 15) is 8.78 Å². The van der Waals surface area contributed by atoms with Crippen molar-refractivity contribution < 1.29 is 13.5 Å². The minimum Gasteiger partial charge on any atom is -0.438 e. The van der Waals surface area contributed by atoms with Crippen LogP contribution in [0.3, 0.4) is 0 Å². The van der Waals surface area contributed by atoms with Crippen LogP contribution < -0.4 is 4.74 Å². The summed E-state index contributed by atoms with van der Waals surface area (Å²) < 4.78 is 32.9. The monoisotopic (exact) mass is 338 g/mol. The second kappa shape index (κ2) is 6.27. The Morgan fingerprint density at radius 3 is 2.64 bits per heavy atom. The lowest BCUT2D eigenvalue weighted by Crippen LogP contribution is -1.98. The van der Waals surface area contributed by atoms with E-state index in [1.165, 1.54) is 30.6 Å². The average molecular weight is 338 g/mol. The molecule has 4 rings (SSSR count). The SMILES string of the molecule is FC(F)c1ccc(Oc2ncncc2-c2cccc3ccnn23)cc1. The zero-order valence-corrected chi connectivity index (χ0v) is 12.9. The number of hydrogen-bond donors (Lipinski definition) is 0. The molecule has 3 heterocycles. The fourth-order valence-corrected chi connectivity index (χ4v) is 2.52. The van der Waals surface area contributed by atoms with Crippen molar-refractivity contribution in [2.24, 2.45) is 0 Å². The van der Waals surface area contributed by atoms with Crippen LogP contribution in [0.5, 0.6) is 11.6 Å². The Kier molecular flexibility index (Phi) is 3.81. The van der Waals surface area contributed by atoms with Crippen LogP contribution in [0.2, 0.25) is 0 Å². The summed E-state index contributed by atoms with van der Waals surface area (Å²) in [6.07, 6.45) is 2.19. The molecule has 4 aromatic rings. The van der Waals surface area contributed by atoms with Crippen LogP contribution in [0.4, 0.5) is 8.78 Å². The van der Waals surface area contributed by atoms with Gasteiger partial charge in [0.05, 0.1) is 23.0 Å². The summed E-state index contributed by atoms with van der Waals surface area (Å²) in [5.74, 6) is 0.736. The van der Waals surface area contributed by atoms with Gasteiger partial charge in [-0.25, -0.2) is 23.3 Å². The first-order chi connectivity index (χ1) is 12.2. The van der Waals surface area contributed by atoms with Gasteiger partial charge in [0.25, 0.3) is 6.43 Å². The summed E-state index contributed by atoms with van der Waals surface area (Å²) in [4.78, 5) is 8.24. The molecule has 0 atom stereocenters. The molecule has 5 nitrogen and oxygen atoms in total. The molecule has 0 N–H and O–H groups in total. The van der Waals surface area contributed by atoms with Crippen molar-refractivity contribution >= 4 is 5.52 Å². The minimum absolute atomic E-state index is 0.0587. The van der Waals surface area contributed by atoms with Gasteiger partial charge in [-0.1, -0.05) is 6.07 Å². The van der Waals surface area contributed by atoms with Gasteiger partial charge in [0, 0.05) is 11.8 Å². The predicted molar refractivity (Wildman–Crippen MR) is 87.7 cm³/mol. The normalized spacial score (nSPS) is 11.2. The first kappa shape index (κ1) is 15.2. The minimum atomic E-state index is -2.51. The molecule has 7 heteroatoms. The van der Waals surface area contributed by atoms with Gasteiger partial charge in [-0.3, -0.25) is 0 Å². The van der Waals surface area contributed by atoms with Crippen molar-refractivity contribution in [3.05, 3.63) is 72.8 Å². The van der Waals surface area contributed by atoms with Crippen molar-refractivity contribution in [2.75, 3.05) is 0 Å². The van der Waals surface area contributed by atoms with Crippen molar-refractivity contribution in [3.8, 4) is 22.9 Å². The van der Waals surface area contributed by atoms with Crippen molar-refractivity contribution in [1.29, 1.82) is 0 Å². The molecule has 1 aromatic carbocycles. The Hall–Kier alpha value is -3.35. The summed E-state index contributed by atoms with van der Waals surface area (Å²) in [6.45, 7) is 0. The number of aromatic nitrogens is 4. The number of alkyl halides is 2. The van der Waals surface area contributed by atoms with Gasteiger partial charge < -0.3 is 4.74 Å².